The van der Waals surface area contributed by atoms with Crippen LogP contribution in [-0.2, 0) is 15.0 Å². The molecule has 2 aromatic carbocycles. The van der Waals surface area contributed by atoms with Crippen molar-refractivity contribution < 1.29 is 23.8 Å². The van der Waals surface area contributed by atoms with Gasteiger partial charge in [-0.2, -0.15) is 0 Å². The first kappa shape index (κ1) is 23.6. The van der Waals surface area contributed by atoms with E-state index in [-0.39, 0.29) is 27.3 Å². The van der Waals surface area contributed by atoms with Crippen LogP contribution in [0.4, 0.5) is 5.69 Å². The zero-order valence-electron chi connectivity index (χ0n) is 19.5. The number of aliphatic hydroxyl groups is 1. The topological polar surface area (TPSA) is 80.0 Å². The summed E-state index contributed by atoms with van der Waals surface area (Å²) in [5.74, 6) is -1.15. The second-order valence-electron chi connectivity index (χ2n) is 9.06. The number of hydrogen-bond donors (Lipinski definition) is 1. The maximum atomic E-state index is 13.2. The lowest BCUT2D eigenvalue weighted by atomic mass is 9.87. The van der Waals surface area contributed by atoms with Gasteiger partial charge in [0.2, 0.25) is 0 Å². The third-order valence-corrected chi connectivity index (χ3v) is 6.10. The van der Waals surface area contributed by atoms with Gasteiger partial charge in [0.25, 0.3) is 11.7 Å². The molecule has 1 unspecified atom stereocenters. The fourth-order valence-electron chi connectivity index (χ4n) is 4.02. The van der Waals surface area contributed by atoms with E-state index in [2.05, 4.69) is 20.8 Å². The number of hydrogen-bond acceptors (Lipinski definition) is 5. The number of Topliss-reactive ketones (excluding diaryl/α,β-unsaturated/α-hetero) is 1. The number of carbonyl (C=O) groups is 2. The zero-order valence-corrected chi connectivity index (χ0v) is 20.2. The molecule has 1 aliphatic heterocycles. The lowest BCUT2D eigenvalue weighted by molar-refractivity contribution is -0.132. The molecule has 3 aromatic rings. The Bertz CT molecular complexity index is 1250. The number of carbonyl (C=O) groups excluding carboxylic acids is 2. The minimum absolute atomic E-state index is 0.0740. The van der Waals surface area contributed by atoms with Gasteiger partial charge in [-0.05, 0) is 60.4 Å². The smallest absolute Gasteiger partial charge is 0.300 e. The molecule has 0 radical (unpaired) electrons. The highest BCUT2D eigenvalue weighted by atomic mass is 35.5. The Morgan fingerprint density at radius 1 is 1.12 bits per heavy atom. The lowest BCUT2D eigenvalue weighted by Crippen LogP contribution is -2.29. The van der Waals surface area contributed by atoms with Gasteiger partial charge in [0.05, 0.1) is 23.5 Å². The molecule has 0 aliphatic carbocycles. The molecular weight excluding hydrogens is 454 g/mol. The summed E-state index contributed by atoms with van der Waals surface area (Å²) in [4.78, 5) is 27.8. The van der Waals surface area contributed by atoms with Crippen molar-refractivity contribution in [3.63, 3.8) is 0 Å². The molecule has 0 spiro atoms. The Morgan fingerprint density at radius 3 is 2.41 bits per heavy atom. The standard InChI is InChI=1S/C27H26ClNO5/c1-5-33-18-12-13-20(28)19(15-18)24(30)22-23(21-7-6-14-34-21)29(26(32)25(22)31)17-10-8-16(9-11-17)27(2,3)4/h6-15,23,30H,5H2,1-4H3/b24-22-. The van der Waals surface area contributed by atoms with Crippen molar-refractivity contribution in [2.45, 2.75) is 39.2 Å². The molecule has 1 N–H and O–H groups in total. The number of furan rings is 1. The third kappa shape index (κ3) is 4.21. The molecule has 176 valence electrons. The molecule has 1 saturated heterocycles. The second-order valence-corrected chi connectivity index (χ2v) is 9.46. The van der Waals surface area contributed by atoms with E-state index in [0.717, 1.165) is 5.56 Å². The summed E-state index contributed by atoms with van der Waals surface area (Å²) in [6.07, 6.45) is 1.46. The minimum atomic E-state index is -0.956. The summed E-state index contributed by atoms with van der Waals surface area (Å²) in [6, 6.07) is 14.6. The molecule has 2 heterocycles. The molecule has 0 saturated carbocycles. The number of ether oxygens (including phenoxy) is 1. The van der Waals surface area contributed by atoms with Crippen LogP contribution in [0.2, 0.25) is 5.02 Å². The molecule has 6 nitrogen and oxygen atoms in total. The summed E-state index contributed by atoms with van der Waals surface area (Å²) >= 11 is 6.36. The van der Waals surface area contributed by atoms with Crippen LogP contribution >= 0.6 is 11.6 Å². The van der Waals surface area contributed by atoms with E-state index >= 15 is 0 Å². The number of aliphatic hydroxyl groups excluding tert-OH is 1. The molecule has 0 bridgehead atoms. The van der Waals surface area contributed by atoms with Crippen LogP contribution < -0.4 is 9.64 Å². The van der Waals surface area contributed by atoms with Gasteiger partial charge in [-0.25, -0.2) is 0 Å². The number of anilines is 1. The molecule has 1 aromatic heterocycles. The Morgan fingerprint density at radius 2 is 1.82 bits per heavy atom. The molecule has 1 amide bonds. The van der Waals surface area contributed by atoms with Gasteiger partial charge in [-0.15, -0.1) is 0 Å². The van der Waals surface area contributed by atoms with Gasteiger partial charge in [-0.1, -0.05) is 44.5 Å². The largest absolute Gasteiger partial charge is 0.507 e. The molecular formula is C27H26ClNO5. The summed E-state index contributed by atoms with van der Waals surface area (Å²) in [7, 11) is 0. The summed E-state index contributed by atoms with van der Waals surface area (Å²) in [5, 5.41) is 11.5. The molecule has 34 heavy (non-hydrogen) atoms. The van der Waals surface area contributed by atoms with Crippen LogP contribution in [0, 0.1) is 0 Å². The zero-order chi connectivity index (χ0) is 24.6. The van der Waals surface area contributed by atoms with E-state index in [1.54, 1.807) is 42.5 Å². The quantitative estimate of drug-likeness (QED) is 0.265. The normalized spacial score (nSPS) is 17.9. The van der Waals surface area contributed by atoms with E-state index in [1.807, 2.05) is 19.1 Å². The van der Waals surface area contributed by atoms with E-state index in [4.69, 9.17) is 20.8 Å². The average molecular weight is 480 g/mol. The van der Waals surface area contributed by atoms with E-state index in [0.29, 0.717) is 23.8 Å². The number of ketones is 1. The highest BCUT2D eigenvalue weighted by molar-refractivity contribution is 6.51. The van der Waals surface area contributed by atoms with Crippen molar-refractivity contribution in [2.75, 3.05) is 11.5 Å². The van der Waals surface area contributed by atoms with Crippen LogP contribution in [0.25, 0.3) is 5.76 Å². The van der Waals surface area contributed by atoms with Gasteiger partial charge in [-0.3, -0.25) is 14.5 Å². The number of amides is 1. The van der Waals surface area contributed by atoms with E-state index in [9.17, 15) is 14.7 Å². The molecule has 4 rings (SSSR count). The Kier molecular flexibility index (Phi) is 6.28. The van der Waals surface area contributed by atoms with Crippen molar-refractivity contribution >= 4 is 34.7 Å². The van der Waals surface area contributed by atoms with Gasteiger partial charge >= 0.3 is 0 Å². The van der Waals surface area contributed by atoms with Gasteiger partial charge in [0.1, 0.15) is 23.3 Å². The van der Waals surface area contributed by atoms with Gasteiger partial charge in [0, 0.05) is 11.3 Å². The molecule has 7 heteroatoms. The van der Waals surface area contributed by atoms with Crippen molar-refractivity contribution in [2.24, 2.45) is 0 Å². The van der Waals surface area contributed by atoms with Crippen molar-refractivity contribution in [1.29, 1.82) is 0 Å². The van der Waals surface area contributed by atoms with Crippen molar-refractivity contribution in [3.8, 4) is 5.75 Å². The first-order chi connectivity index (χ1) is 16.1. The van der Waals surface area contributed by atoms with Gasteiger partial charge < -0.3 is 14.3 Å². The number of benzene rings is 2. The molecule has 1 aliphatic rings. The highest BCUT2D eigenvalue weighted by Gasteiger charge is 2.48. The van der Waals surface area contributed by atoms with Gasteiger partial charge in [0.15, 0.2) is 0 Å². The Hall–Kier alpha value is -3.51. The summed E-state index contributed by atoms with van der Waals surface area (Å²) in [6.45, 7) is 8.54. The van der Waals surface area contributed by atoms with Crippen molar-refractivity contribution in [1.82, 2.24) is 0 Å². The predicted octanol–water partition coefficient (Wildman–Crippen LogP) is 6.26. The fourth-order valence-corrected chi connectivity index (χ4v) is 4.23. The van der Waals surface area contributed by atoms with Crippen LogP contribution in [-0.4, -0.2) is 23.4 Å². The van der Waals surface area contributed by atoms with E-state index in [1.165, 1.54) is 11.2 Å². The Labute approximate surface area is 203 Å². The number of halogens is 1. The van der Waals surface area contributed by atoms with Crippen molar-refractivity contribution in [3.05, 3.63) is 88.3 Å². The predicted molar refractivity (Wildman–Crippen MR) is 131 cm³/mol. The first-order valence-corrected chi connectivity index (χ1v) is 11.4. The Balaban J connectivity index is 1.88. The van der Waals surface area contributed by atoms with E-state index < -0.39 is 17.7 Å². The molecule has 1 fully saturated rings. The second kappa shape index (κ2) is 9.03. The maximum Gasteiger partial charge on any atom is 0.300 e. The maximum absolute atomic E-state index is 13.2. The average Bonchev–Trinajstić information content (AvgIpc) is 3.41. The third-order valence-electron chi connectivity index (χ3n) is 5.77. The fraction of sp³-hybridized carbons (Fsp3) is 0.259. The van der Waals surface area contributed by atoms with Crippen LogP contribution in [0.3, 0.4) is 0 Å². The molecule has 1 atom stereocenters. The van der Waals surface area contributed by atoms with Crippen LogP contribution in [0.5, 0.6) is 5.75 Å². The SMILES string of the molecule is CCOc1ccc(Cl)c(/C(O)=C2/C(=O)C(=O)N(c3ccc(C(C)(C)C)cc3)C2c2ccco2)c1. The first-order valence-electron chi connectivity index (χ1n) is 11.0. The summed E-state index contributed by atoms with van der Waals surface area (Å²) < 4.78 is 11.1. The summed E-state index contributed by atoms with van der Waals surface area (Å²) in [5.41, 5.74) is 1.63. The minimum Gasteiger partial charge on any atom is -0.507 e. The monoisotopic (exact) mass is 479 g/mol. The number of nitrogens with zero attached hydrogens (tertiary/aromatic N) is 1. The lowest BCUT2D eigenvalue weighted by Gasteiger charge is -2.25. The van der Waals surface area contributed by atoms with Crippen LogP contribution in [0.1, 0.15) is 50.6 Å². The number of rotatable bonds is 5. The highest BCUT2D eigenvalue weighted by Crippen LogP contribution is 2.43. The van der Waals surface area contributed by atoms with Crippen LogP contribution in [0.15, 0.2) is 70.9 Å².